The van der Waals surface area contributed by atoms with E-state index < -0.39 is 0 Å². The summed E-state index contributed by atoms with van der Waals surface area (Å²) in [6.45, 7) is 2.42. The van der Waals surface area contributed by atoms with Gasteiger partial charge >= 0.3 is 0 Å². The summed E-state index contributed by atoms with van der Waals surface area (Å²) in [5.41, 5.74) is 0. The maximum absolute atomic E-state index is 8.69. The van der Waals surface area contributed by atoms with E-state index in [-0.39, 0.29) is 6.61 Å². The van der Waals surface area contributed by atoms with Gasteiger partial charge in [0.15, 0.2) is 0 Å². The lowest BCUT2D eigenvalue weighted by Crippen LogP contribution is -2.28. The van der Waals surface area contributed by atoms with Crippen molar-refractivity contribution >= 4 is 0 Å². The first-order chi connectivity index (χ1) is 4.35. The van der Waals surface area contributed by atoms with Crippen molar-refractivity contribution in [1.29, 1.82) is 0 Å². The fourth-order valence-electron chi connectivity index (χ4n) is 0.777. The molecule has 0 rings (SSSR count). The molecular formula is C7H17NO. The van der Waals surface area contributed by atoms with E-state index in [0.717, 1.165) is 6.42 Å². The molecule has 56 valence electrons. The first kappa shape index (κ1) is 8.92. The topological polar surface area (TPSA) is 32.3 Å². The van der Waals surface area contributed by atoms with E-state index in [9.17, 15) is 0 Å². The number of hydrogen-bond acceptors (Lipinski definition) is 2. The minimum Gasteiger partial charge on any atom is -0.395 e. The second kappa shape index (κ2) is 6.05. The molecule has 0 fully saturated rings. The van der Waals surface area contributed by atoms with E-state index >= 15 is 0 Å². The van der Waals surface area contributed by atoms with E-state index in [1.54, 1.807) is 0 Å². The normalized spacial score (nSPS) is 13.7. The number of nitrogens with one attached hydrogen (secondary N) is 1. The van der Waals surface area contributed by atoms with Gasteiger partial charge in [0, 0.05) is 6.04 Å². The predicted octanol–water partition coefficient (Wildman–Crippen LogP) is 0.757. The Bertz CT molecular complexity index is 52.9. The molecule has 0 aliphatic heterocycles. The lowest BCUT2D eigenvalue weighted by Gasteiger charge is -2.10. The number of likely N-dealkylation sites (N-methyl/N-ethyl adjacent to an activating group) is 1. The molecule has 2 N–H and O–H groups in total. The van der Waals surface area contributed by atoms with Gasteiger partial charge in [-0.05, 0) is 13.5 Å². The summed E-state index contributed by atoms with van der Waals surface area (Å²) in [7, 11) is 1.89. The van der Waals surface area contributed by atoms with Crippen molar-refractivity contribution in [3.63, 3.8) is 0 Å². The quantitative estimate of drug-likeness (QED) is 0.577. The fraction of sp³-hybridized carbons (Fsp3) is 1.00. The molecule has 0 aromatic rings. The van der Waals surface area contributed by atoms with Gasteiger partial charge in [0.05, 0.1) is 6.61 Å². The maximum Gasteiger partial charge on any atom is 0.0584 e. The van der Waals surface area contributed by atoms with Crippen molar-refractivity contribution in [3.8, 4) is 0 Å². The van der Waals surface area contributed by atoms with Crippen LogP contribution in [0.2, 0.25) is 0 Å². The zero-order valence-corrected chi connectivity index (χ0v) is 6.35. The molecule has 0 spiro atoms. The molecule has 0 aliphatic rings. The Labute approximate surface area is 57.3 Å². The highest BCUT2D eigenvalue weighted by Crippen LogP contribution is 1.98. The van der Waals surface area contributed by atoms with Gasteiger partial charge in [0.25, 0.3) is 0 Å². The molecule has 1 unspecified atom stereocenters. The minimum atomic E-state index is 0.260. The van der Waals surface area contributed by atoms with Gasteiger partial charge in [0.1, 0.15) is 0 Å². The largest absolute Gasteiger partial charge is 0.395 e. The highest BCUT2D eigenvalue weighted by atomic mass is 16.3. The molecule has 0 amide bonds. The van der Waals surface area contributed by atoms with Crippen molar-refractivity contribution in [2.24, 2.45) is 0 Å². The van der Waals surface area contributed by atoms with E-state index in [1.807, 2.05) is 7.05 Å². The Kier molecular flexibility index (Phi) is 5.99. The first-order valence-electron chi connectivity index (χ1n) is 3.63. The highest BCUT2D eigenvalue weighted by Gasteiger charge is 2.00. The third-order valence-electron chi connectivity index (χ3n) is 1.53. The summed E-state index contributed by atoms with van der Waals surface area (Å²) in [5, 5.41) is 11.7. The van der Waals surface area contributed by atoms with Gasteiger partial charge in [-0.3, -0.25) is 0 Å². The standard InChI is InChI=1S/C7H17NO/c1-3-4-5-7(6-9)8-2/h7-9H,3-6H2,1-2H3. The fourth-order valence-corrected chi connectivity index (χ4v) is 0.777. The SMILES string of the molecule is CCCCC(CO)NC. The first-order valence-corrected chi connectivity index (χ1v) is 3.63. The molecule has 1 atom stereocenters. The predicted molar refractivity (Wildman–Crippen MR) is 39.5 cm³/mol. The van der Waals surface area contributed by atoms with Crippen LogP contribution >= 0.6 is 0 Å². The second-order valence-corrected chi connectivity index (χ2v) is 2.31. The molecule has 0 aliphatic carbocycles. The van der Waals surface area contributed by atoms with Crippen LogP contribution in [0.25, 0.3) is 0 Å². The smallest absolute Gasteiger partial charge is 0.0584 e. The molecule has 0 aromatic heterocycles. The second-order valence-electron chi connectivity index (χ2n) is 2.31. The molecule has 2 nitrogen and oxygen atoms in total. The van der Waals surface area contributed by atoms with E-state index in [1.165, 1.54) is 12.8 Å². The number of hydrogen-bond donors (Lipinski definition) is 2. The van der Waals surface area contributed by atoms with Crippen LogP contribution in [0.5, 0.6) is 0 Å². The summed E-state index contributed by atoms with van der Waals surface area (Å²) in [6.07, 6.45) is 3.49. The summed E-state index contributed by atoms with van der Waals surface area (Å²) in [4.78, 5) is 0. The van der Waals surface area contributed by atoms with Crippen LogP contribution in [-0.4, -0.2) is 24.8 Å². The lowest BCUT2D eigenvalue weighted by atomic mass is 10.1. The van der Waals surface area contributed by atoms with Crippen LogP contribution < -0.4 is 5.32 Å². The molecule has 0 heterocycles. The average Bonchev–Trinajstić information content (AvgIpc) is 1.91. The number of aliphatic hydroxyl groups excluding tert-OH is 1. The van der Waals surface area contributed by atoms with Gasteiger partial charge in [0.2, 0.25) is 0 Å². The minimum absolute atomic E-state index is 0.260. The van der Waals surface area contributed by atoms with Gasteiger partial charge in [-0.15, -0.1) is 0 Å². The Morgan fingerprint density at radius 1 is 1.56 bits per heavy atom. The van der Waals surface area contributed by atoms with E-state index in [4.69, 9.17) is 5.11 Å². The molecule has 2 heteroatoms. The van der Waals surface area contributed by atoms with Gasteiger partial charge in [-0.2, -0.15) is 0 Å². The highest BCUT2D eigenvalue weighted by molar-refractivity contribution is 4.60. The monoisotopic (exact) mass is 131 g/mol. The summed E-state index contributed by atoms with van der Waals surface area (Å²) in [5.74, 6) is 0. The van der Waals surface area contributed by atoms with Gasteiger partial charge in [-0.1, -0.05) is 19.8 Å². The maximum atomic E-state index is 8.69. The third-order valence-corrected chi connectivity index (χ3v) is 1.53. The number of rotatable bonds is 5. The van der Waals surface area contributed by atoms with Gasteiger partial charge in [-0.25, -0.2) is 0 Å². The van der Waals surface area contributed by atoms with Crippen LogP contribution in [-0.2, 0) is 0 Å². The molecule has 0 saturated carbocycles. The van der Waals surface area contributed by atoms with Crippen LogP contribution in [0.4, 0.5) is 0 Å². The van der Waals surface area contributed by atoms with Crippen molar-refractivity contribution < 1.29 is 5.11 Å². The van der Waals surface area contributed by atoms with Crippen LogP contribution in [0.15, 0.2) is 0 Å². The van der Waals surface area contributed by atoms with Crippen LogP contribution in [0.1, 0.15) is 26.2 Å². The summed E-state index contributed by atoms with van der Waals surface area (Å²) < 4.78 is 0. The molecule has 9 heavy (non-hydrogen) atoms. The molecular weight excluding hydrogens is 114 g/mol. The van der Waals surface area contributed by atoms with Crippen LogP contribution in [0.3, 0.4) is 0 Å². The Morgan fingerprint density at radius 3 is 2.56 bits per heavy atom. The van der Waals surface area contributed by atoms with Crippen molar-refractivity contribution in [1.82, 2.24) is 5.32 Å². The van der Waals surface area contributed by atoms with Gasteiger partial charge < -0.3 is 10.4 Å². The number of unbranched alkanes of at least 4 members (excludes halogenated alkanes) is 1. The zero-order chi connectivity index (χ0) is 7.11. The number of aliphatic hydroxyl groups is 1. The summed E-state index contributed by atoms with van der Waals surface area (Å²) >= 11 is 0. The Balaban J connectivity index is 3.09. The van der Waals surface area contributed by atoms with Crippen molar-refractivity contribution in [3.05, 3.63) is 0 Å². The Morgan fingerprint density at radius 2 is 2.22 bits per heavy atom. The summed E-state index contributed by atoms with van der Waals surface area (Å²) in [6, 6.07) is 0.310. The van der Waals surface area contributed by atoms with Crippen LogP contribution in [0, 0.1) is 0 Å². The average molecular weight is 131 g/mol. The van der Waals surface area contributed by atoms with Crippen molar-refractivity contribution in [2.45, 2.75) is 32.2 Å². The van der Waals surface area contributed by atoms with E-state index in [2.05, 4.69) is 12.2 Å². The molecule has 0 aromatic carbocycles. The Hall–Kier alpha value is -0.0800. The zero-order valence-electron chi connectivity index (χ0n) is 6.35. The lowest BCUT2D eigenvalue weighted by molar-refractivity contribution is 0.240. The molecule has 0 bridgehead atoms. The third kappa shape index (κ3) is 4.43. The van der Waals surface area contributed by atoms with Crippen molar-refractivity contribution in [2.75, 3.05) is 13.7 Å². The molecule has 0 saturated heterocycles. The molecule has 0 radical (unpaired) electrons. The van der Waals surface area contributed by atoms with E-state index in [0.29, 0.717) is 6.04 Å².